The molecule has 25 heavy (non-hydrogen) atoms. The number of ether oxygens (including phenoxy) is 1. The molecule has 1 spiro atoms. The van der Waals surface area contributed by atoms with Crippen molar-refractivity contribution in [2.45, 2.75) is 18.4 Å². The van der Waals surface area contributed by atoms with Crippen LogP contribution in [-0.2, 0) is 4.74 Å². The summed E-state index contributed by atoms with van der Waals surface area (Å²) in [5.41, 5.74) is -0.160. The van der Waals surface area contributed by atoms with Crippen LogP contribution in [0, 0.1) is 5.92 Å². The van der Waals surface area contributed by atoms with E-state index in [1.165, 1.54) is 32.3 Å². The Bertz CT molecular complexity index is 829. The van der Waals surface area contributed by atoms with E-state index < -0.39 is 0 Å². The zero-order valence-corrected chi connectivity index (χ0v) is 14.4. The molecule has 2 bridgehead atoms. The van der Waals surface area contributed by atoms with Gasteiger partial charge < -0.3 is 4.74 Å². The second-order valence-corrected chi connectivity index (χ2v) is 7.22. The molecule has 8 nitrogen and oxygen atoms in total. The molecular formula is C16H18ClN7O. The van der Waals surface area contributed by atoms with Crippen molar-refractivity contribution in [2.75, 3.05) is 31.5 Å². The minimum Gasteiger partial charge on any atom is -0.455 e. The molecule has 1 unspecified atom stereocenters. The van der Waals surface area contributed by atoms with Crippen molar-refractivity contribution in [2.24, 2.45) is 10.9 Å². The molecular weight excluding hydrogens is 342 g/mol. The number of imidazole rings is 1. The Morgan fingerprint density at radius 3 is 2.84 bits per heavy atom. The Labute approximate surface area is 149 Å². The number of hydrogen-bond acceptors (Lipinski definition) is 7. The Kier molecular flexibility index (Phi) is 3.42. The molecule has 130 valence electrons. The van der Waals surface area contributed by atoms with Crippen LogP contribution in [0.25, 0.3) is 5.82 Å². The number of rotatable bonds is 2. The van der Waals surface area contributed by atoms with E-state index in [1.54, 1.807) is 17.1 Å². The van der Waals surface area contributed by atoms with Gasteiger partial charge in [-0.05, 0) is 25.9 Å². The molecule has 3 saturated heterocycles. The van der Waals surface area contributed by atoms with Crippen LogP contribution in [-0.4, -0.2) is 62.2 Å². The molecule has 1 atom stereocenters. The van der Waals surface area contributed by atoms with Crippen LogP contribution >= 0.6 is 11.6 Å². The fraction of sp³-hybridized carbons (Fsp3) is 0.500. The molecule has 2 aromatic heterocycles. The molecule has 6 rings (SSSR count). The van der Waals surface area contributed by atoms with Crippen LogP contribution in [0.3, 0.4) is 0 Å². The summed E-state index contributed by atoms with van der Waals surface area (Å²) < 4.78 is 8.01. The highest BCUT2D eigenvalue weighted by Gasteiger charge is 2.51. The minimum atomic E-state index is -0.160. The number of aromatic nitrogens is 4. The smallest absolute Gasteiger partial charge is 0.291 e. The Balaban J connectivity index is 1.32. The largest absolute Gasteiger partial charge is 0.455 e. The molecule has 3 fully saturated rings. The molecule has 0 aliphatic carbocycles. The van der Waals surface area contributed by atoms with Crippen molar-refractivity contribution < 1.29 is 4.74 Å². The van der Waals surface area contributed by atoms with E-state index in [0.717, 1.165) is 6.54 Å². The predicted octanol–water partition coefficient (Wildman–Crippen LogP) is 1.58. The highest BCUT2D eigenvalue weighted by Crippen LogP contribution is 2.40. The Hall–Kier alpha value is -2.19. The van der Waals surface area contributed by atoms with E-state index in [9.17, 15) is 0 Å². The molecule has 2 aromatic rings. The van der Waals surface area contributed by atoms with Gasteiger partial charge in [-0.1, -0.05) is 11.6 Å². The summed E-state index contributed by atoms with van der Waals surface area (Å²) in [6.07, 6.45) is 7.19. The fourth-order valence-electron chi connectivity index (χ4n) is 4.04. The van der Waals surface area contributed by atoms with E-state index in [0.29, 0.717) is 35.3 Å². The molecule has 0 amide bonds. The molecule has 0 saturated carbocycles. The number of anilines is 1. The second kappa shape index (κ2) is 5.67. The highest BCUT2D eigenvalue weighted by molar-refractivity contribution is 6.29. The van der Waals surface area contributed by atoms with Crippen LogP contribution in [0.1, 0.15) is 12.8 Å². The van der Waals surface area contributed by atoms with Crippen molar-refractivity contribution in [1.29, 1.82) is 0 Å². The minimum absolute atomic E-state index is 0.160. The van der Waals surface area contributed by atoms with Gasteiger partial charge in [-0.3, -0.25) is 14.8 Å². The van der Waals surface area contributed by atoms with Gasteiger partial charge in [0.05, 0.1) is 6.54 Å². The van der Waals surface area contributed by atoms with Crippen molar-refractivity contribution in [3.05, 3.63) is 30.1 Å². The summed E-state index contributed by atoms with van der Waals surface area (Å²) in [5, 5.41) is 3.60. The average molecular weight is 360 g/mol. The lowest BCUT2D eigenvalue weighted by Crippen LogP contribution is -2.61. The molecule has 6 heterocycles. The van der Waals surface area contributed by atoms with Crippen LogP contribution in [0.4, 0.5) is 5.82 Å². The Morgan fingerprint density at radius 2 is 2.12 bits per heavy atom. The summed E-state index contributed by atoms with van der Waals surface area (Å²) >= 11 is 5.87. The first-order valence-electron chi connectivity index (χ1n) is 8.45. The summed E-state index contributed by atoms with van der Waals surface area (Å²) in [6, 6.07) is 2.35. The van der Waals surface area contributed by atoms with Crippen LogP contribution in [0.15, 0.2) is 29.9 Å². The Morgan fingerprint density at radius 1 is 1.24 bits per heavy atom. The molecule has 0 radical (unpaired) electrons. The number of hydrogen-bond donors (Lipinski definition) is 1. The predicted molar refractivity (Wildman–Crippen MR) is 93.1 cm³/mol. The SMILES string of the molecule is Clc1cn(-c2cc(NC3=NCC4(CN5CCC4CC5)O3)ncn2)cn1. The third-order valence-electron chi connectivity index (χ3n) is 5.32. The lowest BCUT2D eigenvalue weighted by Gasteiger charge is -2.50. The third kappa shape index (κ3) is 2.65. The van der Waals surface area contributed by atoms with Gasteiger partial charge in [-0.2, -0.15) is 0 Å². The van der Waals surface area contributed by atoms with E-state index in [4.69, 9.17) is 16.3 Å². The number of nitrogens with one attached hydrogen (secondary N) is 1. The van der Waals surface area contributed by atoms with Crippen molar-refractivity contribution >= 4 is 23.4 Å². The zero-order valence-electron chi connectivity index (χ0n) is 13.6. The van der Waals surface area contributed by atoms with E-state index in [-0.39, 0.29) is 5.60 Å². The first kappa shape index (κ1) is 15.1. The van der Waals surface area contributed by atoms with Crippen molar-refractivity contribution in [3.63, 3.8) is 0 Å². The van der Waals surface area contributed by atoms with E-state index >= 15 is 0 Å². The standard InChI is InChI=1S/C16H18ClN7O/c17-12-6-24(10-21-12)14-5-13(19-9-20-14)22-15-18-7-16(25-15)8-23-3-1-11(16)2-4-23/h5-6,9-11H,1-4,7-8H2,(H,18,19,20,22). The summed E-state index contributed by atoms with van der Waals surface area (Å²) in [6.45, 7) is 4.04. The lowest BCUT2D eigenvalue weighted by molar-refractivity contribution is -0.0829. The van der Waals surface area contributed by atoms with Gasteiger partial charge in [0.1, 0.15) is 35.0 Å². The number of halogens is 1. The summed E-state index contributed by atoms with van der Waals surface area (Å²) in [5.74, 6) is 1.90. The van der Waals surface area contributed by atoms with Gasteiger partial charge in [0, 0.05) is 24.7 Å². The highest BCUT2D eigenvalue weighted by atomic mass is 35.5. The lowest BCUT2D eigenvalue weighted by atomic mass is 9.75. The van der Waals surface area contributed by atoms with Crippen molar-refractivity contribution in [3.8, 4) is 5.82 Å². The van der Waals surface area contributed by atoms with Gasteiger partial charge >= 0.3 is 0 Å². The van der Waals surface area contributed by atoms with Crippen LogP contribution in [0.5, 0.6) is 0 Å². The molecule has 0 aromatic carbocycles. The normalized spacial score (nSPS) is 30.4. The van der Waals surface area contributed by atoms with Gasteiger partial charge in [-0.15, -0.1) is 0 Å². The van der Waals surface area contributed by atoms with Crippen LogP contribution < -0.4 is 5.32 Å². The average Bonchev–Trinajstić information content (AvgIpc) is 3.23. The van der Waals surface area contributed by atoms with Crippen LogP contribution in [0.2, 0.25) is 5.15 Å². The van der Waals surface area contributed by atoms with Crippen molar-refractivity contribution in [1.82, 2.24) is 24.4 Å². The maximum absolute atomic E-state index is 6.27. The second-order valence-electron chi connectivity index (χ2n) is 6.83. The zero-order chi connectivity index (χ0) is 16.9. The molecule has 1 N–H and O–H groups in total. The monoisotopic (exact) mass is 359 g/mol. The molecule has 9 heteroatoms. The number of piperidine rings is 3. The van der Waals surface area contributed by atoms with Gasteiger partial charge in [-0.25, -0.2) is 19.9 Å². The number of amidine groups is 1. The third-order valence-corrected chi connectivity index (χ3v) is 5.51. The number of nitrogens with zero attached hydrogens (tertiary/aromatic N) is 6. The fourth-order valence-corrected chi connectivity index (χ4v) is 4.19. The number of aliphatic imine (C=N–C) groups is 1. The van der Waals surface area contributed by atoms with E-state index in [2.05, 4.69) is 30.2 Å². The van der Waals surface area contributed by atoms with Gasteiger partial charge in [0.2, 0.25) is 0 Å². The summed E-state index contributed by atoms with van der Waals surface area (Å²) in [4.78, 5) is 19.6. The molecule has 4 aliphatic heterocycles. The maximum Gasteiger partial charge on any atom is 0.291 e. The van der Waals surface area contributed by atoms with Gasteiger partial charge in [0.15, 0.2) is 0 Å². The first-order valence-corrected chi connectivity index (χ1v) is 8.83. The quantitative estimate of drug-likeness (QED) is 0.876. The summed E-state index contributed by atoms with van der Waals surface area (Å²) in [7, 11) is 0. The number of fused-ring (bicyclic) bond motifs is 2. The molecule has 4 aliphatic rings. The topological polar surface area (TPSA) is 80.5 Å². The first-order chi connectivity index (χ1) is 12.2. The maximum atomic E-state index is 6.27. The van der Waals surface area contributed by atoms with Gasteiger partial charge in [0.25, 0.3) is 6.02 Å². The van der Waals surface area contributed by atoms with E-state index in [1.807, 2.05) is 6.07 Å².